The van der Waals surface area contributed by atoms with E-state index in [1.54, 1.807) is 0 Å². The van der Waals surface area contributed by atoms with Gasteiger partial charge in [-0.3, -0.25) is 0 Å². The summed E-state index contributed by atoms with van der Waals surface area (Å²) in [4.78, 5) is 23.7. The van der Waals surface area contributed by atoms with Crippen LogP contribution in [0.4, 0.5) is 0 Å². The van der Waals surface area contributed by atoms with Crippen molar-refractivity contribution in [2.75, 3.05) is 0 Å². The van der Waals surface area contributed by atoms with Gasteiger partial charge in [-0.1, -0.05) is 0 Å². The summed E-state index contributed by atoms with van der Waals surface area (Å²) in [6.45, 7) is 0. The third-order valence-corrected chi connectivity index (χ3v) is 0.824. The molecule has 0 aromatic rings. The van der Waals surface area contributed by atoms with Gasteiger partial charge in [0.15, 0.2) is 17.4 Å². The third kappa shape index (κ3) is 10.4. The molecule has 1 radical (unpaired) electrons. The Morgan fingerprint density at radius 1 is 1.10 bits per heavy atom. The van der Waals surface area contributed by atoms with Crippen molar-refractivity contribution in [2.24, 2.45) is 0 Å². The number of hydrogen-bond donors (Lipinski definition) is 3. The van der Waals surface area contributed by atoms with Gasteiger partial charge in [0.25, 0.3) is 0 Å². The van der Waals surface area contributed by atoms with Crippen molar-refractivity contribution in [2.45, 2.75) is 0 Å². The maximum Gasteiger partial charge on any atom is 1.00 e. The van der Waals surface area contributed by atoms with Crippen LogP contribution in [-0.2, 0) is 42.6 Å². The van der Waals surface area contributed by atoms with Crippen molar-refractivity contribution in [1.29, 1.82) is 0 Å². The molecule has 1 fully saturated rings. The van der Waals surface area contributed by atoms with E-state index in [0.717, 1.165) is 0 Å². The molecule has 0 bridgehead atoms. The van der Waals surface area contributed by atoms with Crippen molar-refractivity contribution in [3.63, 3.8) is 0 Å². The number of hydrogen-bond acceptors (Lipinski definition) is 5. The molecule has 0 aromatic heterocycles. The summed E-state index contributed by atoms with van der Waals surface area (Å²) in [5.41, 5.74) is 0. The van der Waals surface area contributed by atoms with Gasteiger partial charge in [-0.25, -0.2) is 0 Å². The first-order valence-corrected chi connectivity index (χ1v) is 3.06. The van der Waals surface area contributed by atoms with Crippen LogP contribution in [0.1, 0.15) is 1.43 Å². The fourth-order valence-corrected chi connectivity index (χ4v) is 0.402. The SMILES string of the molecule is OP1(O)(O)OO1.[AlH3].[Co].[H-].[Li+].[Ni]. The van der Waals surface area contributed by atoms with Gasteiger partial charge in [0.2, 0.25) is 0 Å². The monoisotopic (exact) mass is 269 g/mol. The molecule has 10 heavy (non-hydrogen) atoms. The van der Waals surface area contributed by atoms with E-state index in [4.69, 9.17) is 14.7 Å². The van der Waals surface area contributed by atoms with Crippen LogP contribution in [0.25, 0.3) is 0 Å². The molecule has 1 rings (SSSR count). The van der Waals surface area contributed by atoms with Crippen LogP contribution in [0.5, 0.6) is 0 Å². The van der Waals surface area contributed by atoms with E-state index in [1.807, 2.05) is 0 Å². The fraction of sp³-hybridized carbons (Fsp3) is 0. The van der Waals surface area contributed by atoms with Crippen molar-refractivity contribution >= 4 is 25.1 Å². The summed E-state index contributed by atoms with van der Waals surface area (Å²) < 4.78 is 6.76. The average Bonchev–Trinajstić information content (AvgIpc) is 1.73. The van der Waals surface area contributed by atoms with Gasteiger partial charge in [-0.05, 0) is 0 Å². The Labute approximate surface area is 102 Å². The molecule has 1 aliphatic heterocycles. The molecular weight excluding hydrogens is 263 g/mol. The van der Waals surface area contributed by atoms with E-state index in [-0.39, 0.29) is 70.9 Å². The quantitative estimate of drug-likeness (QED) is 0.177. The maximum absolute atomic E-state index is 7.89. The molecular formula is H7AlCoLiNiO5P. The minimum Gasteiger partial charge on any atom is -1.00 e. The van der Waals surface area contributed by atoms with E-state index in [1.165, 1.54) is 0 Å². The molecule has 0 aliphatic carbocycles. The molecule has 65 valence electrons. The predicted molar refractivity (Wildman–Crippen MR) is 26.8 cm³/mol. The standard InChI is InChI=1S/Al.Co.Li.Ni.H3O5P.4H/c;;;;1-6(2,3)4-5-6;;;;/h;;;;1-3H;;;;/q;;+1;;;;;;-1. The third-order valence-electron chi connectivity index (χ3n) is 0.275. The maximum atomic E-state index is 7.89. The van der Waals surface area contributed by atoms with Crippen LogP contribution in [-0.4, -0.2) is 32.0 Å². The van der Waals surface area contributed by atoms with Crippen LogP contribution < -0.4 is 18.9 Å². The largest absolute Gasteiger partial charge is 1.00 e. The van der Waals surface area contributed by atoms with Crippen molar-refractivity contribution in [3.8, 4) is 0 Å². The van der Waals surface area contributed by atoms with Gasteiger partial charge in [0.1, 0.15) is 0 Å². The molecule has 1 saturated heterocycles. The van der Waals surface area contributed by atoms with Gasteiger partial charge in [-0.2, -0.15) is 0 Å². The Morgan fingerprint density at radius 2 is 1.20 bits per heavy atom. The Hall–Kier alpha value is 2.36. The van der Waals surface area contributed by atoms with Crippen LogP contribution in [0, 0.1) is 0 Å². The van der Waals surface area contributed by atoms with Crippen molar-refractivity contribution < 1.29 is 77.6 Å². The molecule has 0 saturated carbocycles. The molecule has 1 aliphatic rings. The summed E-state index contributed by atoms with van der Waals surface area (Å²) in [7, 11) is -4.80. The molecule has 0 atom stereocenters. The summed E-state index contributed by atoms with van der Waals surface area (Å²) >= 11 is 0. The van der Waals surface area contributed by atoms with E-state index in [0.29, 0.717) is 0 Å². The Morgan fingerprint density at radius 3 is 1.20 bits per heavy atom. The Balaban J connectivity index is -0.0000000240. The van der Waals surface area contributed by atoms with E-state index in [2.05, 4.69) is 9.35 Å². The summed E-state index contributed by atoms with van der Waals surface area (Å²) in [6, 6.07) is 0. The second-order valence-corrected chi connectivity index (χ2v) is 2.95. The molecule has 5 nitrogen and oxygen atoms in total. The smallest absolute Gasteiger partial charge is 1.00 e. The first-order valence-electron chi connectivity index (χ1n) is 1.13. The molecule has 10 heteroatoms. The average molecular weight is 270 g/mol. The minimum atomic E-state index is -4.80. The van der Waals surface area contributed by atoms with Crippen LogP contribution in [0.15, 0.2) is 0 Å². The Bertz CT molecular complexity index is 90.2. The molecule has 0 amide bonds. The number of rotatable bonds is 0. The van der Waals surface area contributed by atoms with Gasteiger partial charge >= 0.3 is 50.6 Å². The van der Waals surface area contributed by atoms with Gasteiger partial charge in [0, 0.05) is 33.3 Å². The first kappa shape index (κ1) is 22.8. The predicted octanol–water partition coefficient (Wildman–Crippen LogP) is -5.02. The fourth-order valence-electron chi connectivity index (χ4n) is 0.0447. The van der Waals surface area contributed by atoms with E-state index < -0.39 is 7.74 Å². The zero-order valence-electron chi connectivity index (χ0n) is 5.25. The van der Waals surface area contributed by atoms with Crippen molar-refractivity contribution in [3.05, 3.63) is 0 Å². The zero-order valence-corrected chi connectivity index (χ0v) is 7.18. The first-order chi connectivity index (χ1) is 2.47. The Kier molecular flexibility index (Phi) is 13.5. The second-order valence-electron chi connectivity index (χ2n) is 0.982. The van der Waals surface area contributed by atoms with Crippen LogP contribution in [0.2, 0.25) is 0 Å². The summed E-state index contributed by atoms with van der Waals surface area (Å²) in [5.74, 6) is 0. The molecule has 0 aromatic carbocycles. The zero-order chi connectivity index (χ0) is 4.86. The van der Waals surface area contributed by atoms with E-state index >= 15 is 0 Å². The summed E-state index contributed by atoms with van der Waals surface area (Å²) in [6.07, 6.45) is 0. The van der Waals surface area contributed by atoms with E-state index in [9.17, 15) is 0 Å². The summed E-state index contributed by atoms with van der Waals surface area (Å²) in [5, 5.41) is 0. The second kappa shape index (κ2) is 5.91. The molecule has 0 spiro atoms. The molecule has 3 N–H and O–H groups in total. The minimum absolute atomic E-state index is 0. The topological polar surface area (TPSA) is 85.8 Å². The van der Waals surface area contributed by atoms with Gasteiger partial charge < -0.3 is 1.43 Å². The molecule has 0 unspecified atom stereocenters. The van der Waals surface area contributed by atoms with Gasteiger partial charge in [0.05, 0.1) is 0 Å². The normalized spacial score (nSPS) is 25.7. The van der Waals surface area contributed by atoms with Gasteiger partial charge in [-0.15, -0.1) is 0 Å². The molecule has 1 heterocycles. The van der Waals surface area contributed by atoms with Crippen molar-refractivity contribution in [1.82, 2.24) is 0 Å². The van der Waals surface area contributed by atoms with Crippen LogP contribution >= 0.6 is 7.74 Å². The van der Waals surface area contributed by atoms with Crippen LogP contribution in [0.3, 0.4) is 0 Å².